The third kappa shape index (κ3) is 2.52. The maximum absolute atomic E-state index is 12.3. The Hall–Kier alpha value is -1.56. The molecule has 1 fully saturated rings. The summed E-state index contributed by atoms with van der Waals surface area (Å²) >= 11 is 3.43. The SMILES string of the molecule is Cc1cccc(NC(=O)N2CCCC2(C)C(=O)O)c1Br. The minimum Gasteiger partial charge on any atom is -0.480 e. The van der Waals surface area contributed by atoms with Crippen LogP contribution in [0.2, 0.25) is 0 Å². The Morgan fingerprint density at radius 1 is 1.45 bits per heavy atom. The zero-order valence-corrected chi connectivity index (χ0v) is 13.0. The molecule has 0 radical (unpaired) electrons. The molecule has 0 bridgehead atoms. The van der Waals surface area contributed by atoms with Crippen LogP contribution in [0.1, 0.15) is 25.3 Å². The van der Waals surface area contributed by atoms with Crippen LogP contribution in [0.5, 0.6) is 0 Å². The van der Waals surface area contributed by atoms with Crippen molar-refractivity contribution in [3.8, 4) is 0 Å². The lowest BCUT2D eigenvalue weighted by Gasteiger charge is -2.31. The highest BCUT2D eigenvalue weighted by molar-refractivity contribution is 9.10. The molecule has 0 spiro atoms. The maximum Gasteiger partial charge on any atom is 0.329 e. The number of aryl methyl sites for hydroxylation is 1. The monoisotopic (exact) mass is 340 g/mol. The minimum absolute atomic E-state index is 0.376. The van der Waals surface area contributed by atoms with E-state index in [4.69, 9.17) is 0 Å². The van der Waals surface area contributed by atoms with Gasteiger partial charge in [-0.2, -0.15) is 0 Å². The predicted octanol–water partition coefficient (Wildman–Crippen LogP) is 3.23. The van der Waals surface area contributed by atoms with Crippen LogP contribution in [0.25, 0.3) is 0 Å². The van der Waals surface area contributed by atoms with E-state index in [0.29, 0.717) is 25.1 Å². The van der Waals surface area contributed by atoms with Gasteiger partial charge in [0.2, 0.25) is 0 Å². The molecule has 1 unspecified atom stereocenters. The number of rotatable bonds is 2. The minimum atomic E-state index is -1.12. The Morgan fingerprint density at radius 3 is 2.80 bits per heavy atom. The molecule has 5 nitrogen and oxygen atoms in total. The normalized spacial score (nSPS) is 21.9. The molecule has 1 aromatic rings. The largest absolute Gasteiger partial charge is 0.480 e. The number of likely N-dealkylation sites (tertiary alicyclic amines) is 1. The average molecular weight is 341 g/mol. The fourth-order valence-corrected chi connectivity index (χ4v) is 2.80. The molecule has 0 aliphatic carbocycles. The molecule has 2 rings (SSSR count). The molecular weight excluding hydrogens is 324 g/mol. The van der Waals surface area contributed by atoms with Crippen molar-refractivity contribution in [2.24, 2.45) is 0 Å². The number of benzene rings is 1. The van der Waals surface area contributed by atoms with Gasteiger partial charge >= 0.3 is 12.0 Å². The summed E-state index contributed by atoms with van der Waals surface area (Å²) in [4.78, 5) is 25.1. The van der Waals surface area contributed by atoms with Gasteiger partial charge in [-0.15, -0.1) is 0 Å². The van der Waals surface area contributed by atoms with Crippen LogP contribution in [0.3, 0.4) is 0 Å². The zero-order valence-electron chi connectivity index (χ0n) is 11.4. The molecule has 1 aromatic carbocycles. The number of urea groups is 1. The first-order valence-corrected chi connectivity index (χ1v) is 7.22. The number of halogens is 1. The highest BCUT2D eigenvalue weighted by Gasteiger charge is 2.46. The molecular formula is C14H17BrN2O3. The van der Waals surface area contributed by atoms with E-state index in [1.54, 1.807) is 13.0 Å². The zero-order chi connectivity index (χ0) is 14.9. The molecule has 2 amide bonds. The number of carbonyl (C=O) groups excluding carboxylic acids is 1. The third-order valence-electron chi connectivity index (χ3n) is 3.78. The number of carbonyl (C=O) groups is 2. The quantitative estimate of drug-likeness (QED) is 0.868. The van der Waals surface area contributed by atoms with E-state index >= 15 is 0 Å². The third-order valence-corrected chi connectivity index (χ3v) is 4.83. The molecule has 1 heterocycles. The van der Waals surface area contributed by atoms with Crippen LogP contribution < -0.4 is 5.32 Å². The van der Waals surface area contributed by atoms with Crippen molar-refractivity contribution in [1.29, 1.82) is 0 Å². The van der Waals surface area contributed by atoms with Crippen LogP contribution in [-0.4, -0.2) is 34.1 Å². The summed E-state index contributed by atoms with van der Waals surface area (Å²) < 4.78 is 0.810. The van der Waals surface area contributed by atoms with Crippen molar-refractivity contribution >= 4 is 33.6 Å². The Bertz CT molecular complexity index is 561. The van der Waals surface area contributed by atoms with Gasteiger partial charge in [0.25, 0.3) is 0 Å². The van der Waals surface area contributed by atoms with E-state index < -0.39 is 11.5 Å². The number of carboxylic acid groups (broad SMARTS) is 1. The summed E-state index contributed by atoms with van der Waals surface area (Å²) in [5, 5.41) is 12.1. The van der Waals surface area contributed by atoms with Crippen LogP contribution in [0.15, 0.2) is 22.7 Å². The number of amides is 2. The lowest BCUT2D eigenvalue weighted by Crippen LogP contribution is -2.52. The molecule has 1 saturated heterocycles. The lowest BCUT2D eigenvalue weighted by molar-refractivity contribution is -0.146. The molecule has 6 heteroatoms. The second-order valence-corrected chi connectivity index (χ2v) is 5.99. The topological polar surface area (TPSA) is 69.6 Å². The van der Waals surface area contributed by atoms with Gasteiger partial charge in [0.1, 0.15) is 5.54 Å². The number of anilines is 1. The summed E-state index contributed by atoms with van der Waals surface area (Å²) in [5.74, 6) is -0.964. The van der Waals surface area contributed by atoms with E-state index in [2.05, 4.69) is 21.2 Å². The molecule has 0 aromatic heterocycles. The van der Waals surface area contributed by atoms with Crippen molar-refractivity contribution in [3.63, 3.8) is 0 Å². The Balaban J connectivity index is 2.20. The van der Waals surface area contributed by atoms with Gasteiger partial charge in [-0.25, -0.2) is 9.59 Å². The van der Waals surface area contributed by atoms with Gasteiger partial charge in [0.05, 0.1) is 5.69 Å². The Labute approximate surface area is 126 Å². The van der Waals surface area contributed by atoms with Gasteiger partial charge in [0.15, 0.2) is 0 Å². The van der Waals surface area contributed by atoms with E-state index in [9.17, 15) is 14.7 Å². The summed E-state index contributed by atoms with van der Waals surface area (Å²) in [5.41, 5.74) is 0.528. The number of aliphatic carboxylic acids is 1. The Kier molecular flexibility index (Phi) is 4.04. The van der Waals surface area contributed by atoms with E-state index in [-0.39, 0.29) is 6.03 Å². The van der Waals surface area contributed by atoms with Crippen molar-refractivity contribution in [2.45, 2.75) is 32.2 Å². The molecule has 108 valence electrons. The second-order valence-electron chi connectivity index (χ2n) is 5.20. The van der Waals surface area contributed by atoms with Gasteiger partial charge < -0.3 is 15.3 Å². The molecule has 0 saturated carbocycles. The first-order chi connectivity index (χ1) is 9.36. The summed E-state index contributed by atoms with van der Waals surface area (Å²) in [6, 6.07) is 5.18. The molecule has 1 atom stereocenters. The van der Waals surface area contributed by atoms with Crippen LogP contribution in [0.4, 0.5) is 10.5 Å². The number of hydrogen-bond donors (Lipinski definition) is 2. The molecule has 1 aliphatic rings. The van der Waals surface area contributed by atoms with Crippen molar-refractivity contribution in [2.75, 3.05) is 11.9 Å². The number of hydrogen-bond acceptors (Lipinski definition) is 2. The van der Waals surface area contributed by atoms with Crippen LogP contribution in [-0.2, 0) is 4.79 Å². The highest BCUT2D eigenvalue weighted by atomic mass is 79.9. The number of nitrogens with zero attached hydrogens (tertiary/aromatic N) is 1. The number of nitrogens with one attached hydrogen (secondary N) is 1. The highest BCUT2D eigenvalue weighted by Crippen LogP contribution is 2.31. The van der Waals surface area contributed by atoms with Gasteiger partial charge in [-0.3, -0.25) is 0 Å². The van der Waals surface area contributed by atoms with Gasteiger partial charge in [-0.05, 0) is 54.2 Å². The summed E-state index contributed by atoms with van der Waals surface area (Å²) in [6.45, 7) is 3.97. The smallest absolute Gasteiger partial charge is 0.329 e. The lowest BCUT2D eigenvalue weighted by atomic mass is 10.00. The van der Waals surface area contributed by atoms with Crippen molar-refractivity contribution in [3.05, 3.63) is 28.2 Å². The average Bonchev–Trinajstić information content (AvgIpc) is 2.78. The first kappa shape index (κ1) is 14.8. The van der Waals surface area contributed by atoms with E-state index in [0.717, 1.165) is 10.0 Å². The fourth-order valence-electron chi connectivity index (χ4n) is 2.44. The van der Waals surface area contributed by atoms with Gasteiger partial charge in [-0.1, -0.05) is 12.1 Å². The molecule has 2 N–H and O–H groups in total. The summed E-state index contributed by atoms with van der Waals surface area (Å²) in [6.07, 6.45) is 1.18. The fraction of sp³-hybridized carbons (Fsp3) is 0.429. The molecule has 20 heavy (non-hydrogen) atoms. The number of carboxylic acids is 1. The second kappa shape index (κ2) is 5.44. The van der Waals surface area contributed by atoms with Crippen molar-refractivity contribution in [1.82, 2.24) is 4.90 Å². The van der Waals surface area contributed by atoms with E-state index in [1.165, 1.54) is 4.90 Å². The Morgan fingerprint density at radius 2 is 2.15 bits per heavy atom. The van der Waals surface area contributed by atoms with Crippen LogP contribution in [0, 0.1) is 6.92 Å². The standard InChI is InChI=1S/C14H17BrN2O3/c1-9-5-3-6-10(11(9)15)16-13(20)17-8-4-7-14(17,2)12(18)19/h3,5-6H,4,7-8H2,1-2H3,(H,16,20)(H,18,19). The first-order valence-electron chi connectivity index (χ1n) is 6.43. The van der Waals surface area contributed by atoms with Crippen LogP contribution >= 0.6 is 15.9 Å². The van der Waals surface area contributed by atoms with Crippen molar-refractivity contribution < 1.29 is 14.7 Å². The maximum atomic E-state index is 12.3. The van der Waals surface area contributed by atoms with E-state index in [1.807, 2.05) is 19.1 Å². The predicted molar refractivity (Wildman–Crippen MR) is 79.9 cm³/mol. The summed E-state index contributed by atoms with van der Waals surface area (Å²) in [7, 11) is 0. The molecule has 1 aliphatic heterocycles. The van der Waals surface area contributed by atoms with Gasteiger partial charge in [0, 0.05) is 11.0 Å².